The zero-order chi connectivity index (χ0) is 26.5. The number of hydrogen-bond donors (Lipinski definition) is 1. The van der Waals surface area contributed by atoms with E-state index < -0.39 is 17.7 Å². The Morgan fingerprint density at radius 2 is 1.68 bits per heavy atom. The van der Waals surface area contributed by atoms with Crippen molar-refractivity contribution in [1.82, 2.24) is 9.80 Å². The second-order valence-electron chi connectivity index (χ2n) is 9.66. The number of rotatable bonds is 8. The van der Waals surface area contributed by atoms with E-state index in [1.54, 1.807) is 17.0 Å². The maximum absolute atomic E-state index is 13.4. The number of ether oxygens (including phenoxy) is 2. The number of aliphatic hydroxyl groups excluding tert-OH is 1. The van der Waals surface area contributed by atoms with Crippen molar-refractivity contribution in [2.75, 3.05) is 39.4 Å². The SMILES string of the molecule is Cc1ccc(C(O)=C2C(=O)C(=O)N(CCN3CCOCC3)C2c2cccc(OCc3ccccc3)c2)cc1. The number of Topliss-reactive ketones (excluding diaryl/α,β-unsaturated/α-hetero) is 1. The smallest absolute Gasteiger partial charge is 0.295 e. The van der Waals surface area contributed by atoms with Crippen molar-refractivity contribution in [3.63, 3.8) is 0 Å². The molecule has 1 atom stereocenters. The third-order valence-electron chi connectivity index (χ3n) is 7.05. The van der Waals surface area contributed by atoms with E-state index in [1.165, 1.54) is 0 Å². The Bertz CT molecular complexity index is 1310. The van der Waals surface area contributed by atoms with Crippen LogP contribution in [0.25, 0.3) is 5.76 Å². The predicted molar refractivity (Wildman–Crippen MR) is 145 cm³/mol. The summed E-state index contributed by atoms with van der Waals surface area (Å²) >= 11 is 0. The van der Waals surface area contributed by atoms with Crippen molar-refractivity contribution in [2.45, 2.75) is 19.6 Å². The van der Waals surface area contributed by atoms with Gasteiger partial charge in [0.25, 0.3) is 11.7 Å². The molecule has 2 saturated heterocycles. The molecule has 0 bridgehead atoms. The molecule has 1 N–H and O–H groups in total. The normalized spacial score (nSPS) is 19.6. The summed E-state index contributed by atoms with van der Waals surface area (Å²) in [4.78, 5) is 30.5. The second kappa shape index (κ2) is 11.6. The Labute approximate surface area is 222 Å². The lowest BCUT2D eigenvalue weighted by Crippen LogP contribution is -2.42. The molecule has 1 amide bonds. The molecule has 0 saturated carbocycles. The quantitative estimate of drug-likeness (QED) is 0.275. The van der Waals surface area contributed by atoms with Gasteiger partial charge in [0.05, 0.1) is 24.8 Å². The topological polar surface area (TPSA) is 79.3 Å². The van der Waals surface area contributed by atoms with E-state index in [-0.39, 0.29) is 11.3 Å². The number of nitrogens with zero attached hydrogens (tertiary/aromatic N) is 2. The minimum absolute atomic E-state index is 0.0982. The van der Waals surface area contributed by atoms with Gasteiger partial charge in [-0.05, 0) is 30.2 Å². The minimum atomic E-state index is -0.724. The second-order valence-corrected chi connectivity index (χ2v) is 9.66. The number of carbonyl (C=O) groups is 2. The van der Waals surface area contributed by atoms with Crippen LogP contribution in [-0.2, 0) is 20.9 Å². The van der Waals surface area contributed by atoms with Crippen LogP contribution in [0.4, 0.5) is 0 Å². The number of hydrogen-bond acceptors (Lipinski definition) is 6. The molecule has 2 aliphatic rings. The van der Waals surface area contributed by atoms with Crippen LogP contribution in [0.3, 0.4) is 0 Å². The fourth-order valence-electron chi connectivity index (χ4n) is 4.91. The van der Waals surface area contributed by atoms with E-state index in [2.05, 4.69) is 4.90 Å². The van der Waals surface area contributed by atoms with Crippen LogP contribution in [0, 0.1) is 6.92 Å². The molecule has 5 rings (SSSR count). The zero-order valence-corrected chi connectivity index (χ0v) is 21.5. The van der Waals surface area contributed by atoms with Gasteiger partial charge < -0.3 is 19.5 Å². The van der Waals surface area contributed by atoms with E-state index >= 15 is 0 Å². The van der Waals surface area contributed by atoms with E-state index in [0.29, 0.717) is 49.8 Å². The summed E-state index contributed by atoms with van der Waals surface area (Å²) in [5.74, 6) is -0.823. The van der Waals surface area contributed by atoms with E-state index in [9.17, 15) is 14.7 Å². The number of aryl methyl sites for hydroxylation is 1. The number of likely N-dealkylation sites (tertiary alicyclic amines) is 1. The summed E-state index contributed by atoms with van der Waals surface area (Å²) in [5, 5.41) is 11.3. The average Bonchev–Trinajstić information content (AvgIpc) is 3.21. The van der Waals surface area contributed by atoms with Gasteiger partial charge in [0.15, 0.2) is 0 Å². The largest absolute Gasteiger partial charge is 0.507 e. The Hall–Kier alpha value is -3.94. The number of morpholine rings is 1. The maximum atomic E-state index is 13.4. The average molecular weight is 513 g/mol. The number of benzene rings is 3. The van der Waals surface area contributed by atoms with Gasteiger partial charge in [-0.15, -0.1) is 0 Å². The van der Waals surface area contributed by atoms with Crippen LogP contribution in [0.15, 0.2) is 84.4 Å². The van der Waals surface area contributed by atoms with Gasteiger partial charge in [-0.1, -0.05) is 72.3 Å². The minimum Gasteiger partial charge on any atom is -0.507 e. The highest BCUT2D eigenvalue weighted by Gasteiger charge is 2.46. The molecule has 0 aromatic heterocycles. The van der Waals surface area contributed by atoms with Gasteiger partial charge in [0.2, 0.25) is 0 Å². The lowest BCUT2D eigenvalue weighted by Gasteiger charge is -2.31. The first-order valence-electron chi connectivity index (χ1n) is 12.9. The molecule has 3 aromatic carbocycles. The van der Waals surface area contributed by atoms with Crippen LogP contribution < -0.4 is 4.74 Å². The first-order chi connectivity index (χ1) is 18.5. The molecule has 7 heteroatoms. The Morgan fingerprint density at radius 3 is 2.42 bits per heavy atom. The summed E-state index contributed by atoms with van der Waals surface area (Å²) in [7, 11) is 0. The molecule has 7 nitrogen and oxygen atoms in total. The molecule has 2 aliphatic heterocycles. The van der Waals surface area contributed by atoms with Crippen LogP contribution >= 0.6 is 0 Å². The lowest BCUT2D eigenvalue weighted by molar-refractivity contribution is -0.140. The van der Waals surface area contributed by atoms with E-state index in [4.69, 9.17) is 9.47 Å². The van der Waals surface area contributed by atoms with Crippen molar-refractivity contribution in [2.24, 2.45) is 0 Å². The number of amides is 1. The predicted octanol–water partition coefficient (Wildman–Crippen LogP) is 4.33. The van der Waals surface area contributed by atoms with Crippen LogP contribution in [0.2, 0.25) is 0 Å². The summed E-state index contributed by atoms with van der Waals surface area (Å²) in [6, 6.07) is 23.8. The highest BCUT2D eigenvalue weighted by atomic mass is 16.5. The van der Waals surface area contributed by atoms with Crippen molar-refractivity contribution in [3.8, 4) is 5.75 Å². The molecule has 1 unspecified atom stereocenters. The van der Waals surface area contributed by atoms with Gasteiger partial charge in [0, 0.05) is 31.7 Å². The number of aliphatic hydroxyl groups is 1. The van der Waals surface area contributed by atoms with Gasteiger partial charge in [0.1, 0.15) is 18.1 Å². The number of carbonyl (C=O) groups excluding carboxylic acids is 2. The molecular weight excluding hydrogens is 480 g/mol. The fraction of sp³-hybridized carbons (Fsp3) is 0.290. The summed E-state index contributed by atoms with van der Waals surface area (Å²) < 4.78 is 11.5. The molecule has 0 spiro atoms. The summed E-state index contributed by atoms with van der Waals surface area (Å²) in [6.07, 6.45) is 0. The van der Waals surface area contributed by atoms with Crippen molar-refractivity contribution < 1.29 is 24.2 Å². The molecular formula is C31H32N2O5. The summed E-state index contributed by atoms with van der Waals surface area (Å²) in [5.41, 5.74) is 3.39. The molecule has 0 radical (unpaired) electrons. The third kappa shape index (κ3) is 5.64. The third-order valence-corrected chi connectivity index (χ3v) is 7.05. The van der Waals surface area contributed by atoms with Gasteiger partial charge in [-0.2, -0.15) is 0 Å². The Kier molecular flexibility index (Phi) is 7.86. The van der Waals surface area contributed by atoms with E-state index in [1.807, 2.05) is 73.7 Å². The molecule has 2 fully saturated rings. The van der Waals surface area contributed by atoms with Crippen LogP contribution in [-0.4, -0.2) is 66.0 Å². The monoisotopic (exact) mass is 512 g/mol. The van der Waals surface area contributed by atoms with Crippen LogP contribution in [0.5, 0.6) is 5.75 Å². The van der Waals surface area contributed by atoms with Gasteiger partial charge >= 0.3 is 0 Å². The van der Waals surface area contributed by atoms with E-state index in [0.717, 1.165) is 24.2 Å². The molecule has 196 valence electrons. The molecule has 0 aliphatic carbocycles. The van der Waals surface area contributed by atoms with Crippen LogP contribution in [0.1, 0.15) is 28.3 Å². The highest BCUT2D eigenvalue weighted by Crippen LogP contribution is 2.40. The highest BCUT2D eigenvalue weighted by molar-refractivity contribution is 6.46. The van der Waals surface area contributed by atoms with Crippen molar-refractivity contribution in [3.05, 3.63) is 107 Å². The first kappa shape index (κ1) is 25.7. The zero-order valence-electron chi connectivity index (χ0n) is 21.5. The fourth-order valence-corrected chi connectivity index (χ4v) is 4.91. The number of ketones is 1. The lowest BCUT2D eigenvalue weighted by atomic mass is 9.95. The Balaban J connectivity index is 1.49. The maximum Gasteiger partial charge on any atom is 0.295 e. The standard InChI is InChI=1S/C31H32N2O5/c1-22-10-12-24(13-11-22)29(34)27-28(33(31(36)30(27)35)15-14-32-16-18-37-19-17-32)25-8-5-9-26(20-25)38-21-23-6-3-2-4-7-23/h2-13,20,28,34H,14-19,21H2,1H3. The van der Waals surface area contributed by atoms with Crippen molar-refractivity contribution in [1.29, 1.82) is 0 Å². The molecule has 3 aromatic rings. The van der Waals surface area contributed by atoms with Gasteiger partial charge in [-0.3, -0.25) is 14.5 Å². The summed E-state index contributed by atoms with van der Waals surface area (Å²) in [6.45, 7) is 6.17. The molecule has 2 heterocycles. The van der Waals surface area contributed by atoms with Crippen molar-refractivity contribution >= 4 is 17.4 Å². The first-order valence-corrected chi connectivity index (χ1v) is 12.9. The molecule has 38 heavy (non-hydrogen) atoms. The van der Waals surface area contributed by atoms with Gasteiger partial charge in [-0.25, -0.2) is 0 Å². The Morgan fingerprint density at radius 1 is 0.947 bits per heavy atom.